The minimum atomic E-state index is 0.149. The van der Waals surface area contributed by atoms with Crippen molar-refractivity contribution < 1.29 is 9.53 Å². The second-order valence-corrected chi connectivity index (χ2v) is 5.48. The van der Waals surface area contributed by atoms with Gasteiger partial charge in [-0.15, -0.1) is 0 Å². The highest BCUT2D eigenvalue weighted by Crippen LogP contribution is 2.40. The molecule has 0 fully saturated rings. The summed E-state index contributed by atoms with van der Waals surface area (Å²) < 4.78 is 5.66. The Balaban J connectivity index is 1.66. The zero-order valence-corrected chi connectivity index (χ0v) is 11.5. The molecule has 1 aromatic carbocycles. The molecule has 1 atom stereocenters. The summed E-state index contributed by atoms with van der Waals surface area (Å²) in [5, 5.41) is 2.97. The van der Waals surface area contributed by atoms with Crippen LogP contribution in [0.1, 0.15) is 48.8 Å². The first-order valence-corrected chi connectivity index (χ1v) is 7.33. The Bertz CT molecular complexity index is 496. The molecular formula is C16H21NO2. The van der Waals surface area contributed by atoms with E-state index in [0.29, 0.717) is 12.3 Å². The van der Waals surface area contributed by atoms with Gasteiger partial charge in [0.05, 0.1) is 6.61 Å². The van der Waals surface area contributed by atoms with E-state index < -0.39 is 0 Å². The molecule has 0 aromatic heterocycles. The summed E-state index contributed by atoms with van der Waals surface area (Å²) in [5.74, 6) is 1.82. The molecule has 1 aromatic rings. The lowest BCUT2D eigenvalue weighted by Crippen LogP contribution is -2.24. The van der Waals surface area contributed by atoms with Crippen LogP contribution in [0.15, 0.2) is 12.1 Å². The number of amides is 1. The fourth-order valence-corrected chi connectivity index (χ4v) is 3.18. The molecule has 19 heavy (non-hydrogen) atoms. The van der Waals surface area contributed by atoms with Crippen molar-refractivity contribution in [3.05, 3.63) is 28.8 Å². The average molecular weight is 259 g/mol. The van der Waals surface area contributed by atoms with Crippen LogP contribution >= 0.6 is 0 Å². The van der Waals surface area contributed by atoms with Crippen molar-refractivity contribution in [3.8, 4) is 5.75 Å². The molecule has 3 rings (SSSR count). The van der Waals surface area contributed by atoms with Crippen molar-refractivity contribution in [1.82, 2.24) is 5.32 Å². The van der Waals surface area contributed by atoms with Gasteiger partial charge in [-0.3, -0.25) is 4.79 Å². The van der Waals surface area contributed by atoms with Crippen LogP contribution in [-0.2, 0) is 17.6 Å². The van der Waals surface area contributed by atoms with Crippen molar-refractivity contribution in [2.75, 3.05) is 13.2 Å². The maximum atomic E-state index is 11.3. The van der Waals surface area contributed by atoms with E-state index in [-0.39, 0.29) is 5.91 Å². The van der Waals surface area contributed by atoms with Gasteiger partial charge in [-0.2, -0.15) is 0 Å². The largest absolute Gasteiger partial charge is 0.493 e. The van der Waals surface area contributed by atoms with Crippen LogP contribution in [0, 0.1) is 0 Å². The number of carbonyl (C=O) groups excluding carboxylic acids is 1. The van der Waals surface area contributed by atoms with Crippen molar-refractivity contribution in [2.24, 2.45) is 0 Å². The van der Waals surface area contributed by atoms with Crippen LogP contribution in [0.2, 0.25) is 0 Å². The second kappa shape index (κ2) is 5.24. The fraction of sp³-hybridized carbons (Fsp3) is 0.562. The number of fused-ring (bicyclic) bond motifs is 2. The molecule has 0 saturated carbocycles. The number of benzene rings is 1. The standard InChI is InChI=1S/C16H21NO2/c1-2-16(18)17-7-5-11-3-4-12-9-13-6-8-19-15(13)10-14(11)12/h9-11H,2-8H2,1H3,(H,17,18)/t11-/m0/s1. The Morgan fingerprint density at radius 1 is 1.37 bits per heavy atom. The first kappa shape index (κ1) is 12.5. The maximum absolute atomic E-state index is 11.3. The molecule has 2 aliphatic rings. The number of hydrogen-bond acceptors (Lipinski definition) is 2. The van der Waals surface area contributed by atoms with Gasteiger partial charge in [-0.05, 0) is 47.9 Å². The summed E-state index contributed by atoms with van der Waals surface area (Å²) >= 11 is 0. The van der Waals surface area contributed by atoms with Gasteiger partial charge >= 0.3 is 0 Å². The van der Waals surface area contributed by atoms with E-state index in [1.165, 1.54) is 29.5 Å². The van der Waals surface area contributed by atoms with E-state index in [4.69, 9.17) is 4.74 Å². The lowest BCUT2D eigenvalue weighted by Gasteiger charge is -2.13. The molecule has 3 nitrogen and oxygen atoms in total. The second-order valence-electron chi connectivity index (χ2n) is 5.48. The highest BCUT2D eigenvalue weighted by atomic mass is 16.5. The Labute approximate surface area is 114 Å². The molecule has 0 radical (unpaired) electrons. The Kier molecular flexibility index (Phi) is 3.45. The molecule has 0 saturated heterocycles. The zero-order valence-electron chi connectivity index (χ0n) is 11.5. The van der Waals surface area contributed by atoms with Crippen LogP contribution in [0.4, 0.5) is 0 Å². The molecule has 0 bridgehead atoms. The van der Waals surface area contributed by atoms with Crippen molar-refractivity contribution in [1.29, 1.82) is 0 Å². The fourth-order valence-electron chi connectivity index (χ4n) is 3.18. The molecule has 1 amide bonds. The molecule has 0 unspecified atom stereocenters. The quantitative estimate of drug-likeness (QED) is 0.902. The predicted molar refractivity (Wildman–Crippen MR) is 74.6 cm³/mol. The van der Waals surface area contributed by atoms with Crippen molar-refractivity contribution in [3.63, 3.8) is 0 Å². The third-order valence-corrected chi connectivity index (χ3v) is 4.29. The van der Waals surface area contributed by atoms with Gasteiger partial charge in [0.2, 0.25) is 5.91 Å². The van der Waals surface area contributed by atoms with Gasteiger partial charge in [0, 0.05) is 19.4 Å². The Hall–Kier alpha value is -1.51. The molecule has 1 aliphatic carbocycles. The van der Waals surface area contributed by atoms with Crippen LogP contribution in [0.25, 0.3) is 0 Å². The number of nitrogens with one attached hydrogen (secondary N) is 1. The molecule has 102 valence electrons. The Morgan fingerprint density at radius 3 is 3.11 bits per heavy atom. The highest BCUT2D eigenvalue weighted by Gasteiger charge is 2.25. The third-order valence-electron chi connectivity index (χ3n) is 4.29. The molecule has 1 heterocycles. The molecule has 1 aliphatic heterocycles. The number of rotatable bonds is 4. The zero-order chi connectivity index (χ0) is 13.2. The van der Waals surface area contributed by atoms with E-state index >= 15 is 0 Å². The smallest absolute Gasteiger partial charge is 0.219 e. The molecular weight excluding hydrogens is 238 g/mol. The summed E-state index contributed by atoms with van der Waals surface area (Å²) in [6.45, 7) is 3.50. The monoisotopic (exact) mass is 259 g/mol. The first-order chi connectivity index (χ1) is 9.28. The van der Waals surface area contributed by atoms with Crippen LogP contribution in [0.3, 0.4) is 0 Å². The summed E-state index contributed by atoms with van der Waals surface area (Å²) in [4.78, 5) is 11.3. The molecule has 0 spiro atoms. The number of aryl methyl sites for hydroxylation is 1. The summed E-state index contributed by atoms with van der Waals surface area (Å²) in [5.41, 5.74) is 4.32. The van der Waals surface area contributed by atoms with Crippen LogP contribution in [0.5, 0.6) is 5.75 Å². The van der Waals surface area contributed by atoms with Gasteiger partial charge in [0.15, 0.2) is 0 Å². The van der Waals surface area contributed by atoms with Gasteiger partial charge in [-0.25, -0.2) is 0 Å². The lowest BCUT2D eigenvalue weighted by atomic mass is 9.96. The van der Waals surface area contributed by atoms with E-state index in [0.717, 1.165) is 31.7 Å². The average Bonchev–Trinajstić information content (AvgIpc) is 3.02. The molecule has 1 N–H and O–H groups in total. The van der Waals surface area contributed by atoms with E-state index in [9.17, 15) is 4.79 Å². The highest BCUT2D eigenvalue weighted by molar-refractivity contribution is 5.75. The van der Waals surface area contributed by atoms with E-state index in [1.54, 1.807) is 0 Å². The SMILES string of the molecule is CCC(=O)NCC[C@@H]1CCc2cc3c(cc21)OCC3. The van der Waals surface area contributed by atoms with Crippen molar-refractivity contribution >= 4 is 5.91 Å². The summed E-state index contributed by atoms with van der Waals surface area (Å²) in [6, 6.07) is 4.58. The third kappa shape index (κ3) is 2.46. The number of ether oxygens (including phenoxy) is 1. The van der Waals surface area contributed by atoms with Gasteiger partial charge in [0.1, 0.15) is 5.75 Å². The van der Waals surface area contributed by atoms with E-state index in [1.807, 2.05) is 6.92 Å². The first-order valence-electron chi connectivity index (χ1n) is 7.33. The number of carbonyl (C=O) groups is 1. The Morgan fingerprint density at radius 2 is 2.26 bits per heavy atom. The minimum Gasteiger partial charge on any atom is -0.493 e. The normalized spacial score (nSPS) is 19.7. The van der Waals surface area contributed by atoms with Crippen LogP contribution in [-0.4, -0.2) is 19.1 Å². The van der Waals surface area contributed by atoms with E-state index in [2.05, 4.69) is 17.4 Å². The molecule has 3 heteroatoms. The maximum Gasteiger partial charge on any atom is 0.219 e. The summed E-state index contributed by atoms with van der Waals surface area (Å²) in [7, 11) is 0. The minimum absolute atomic E-state index is 0.149. The van der Waals surface area contributed by atoms with Gasteiger partial charge in [0.25, 0.3) is 0 Å². The summed E-state index contributed by atoms with van der Waals surface area (Å²) in [6.07, 6.45) is 5.05. The van der Waals surface area contributed by atoms with Gasteiger partial charge in [-0.1, -0.05) is 13.0 Å². The number of hydrogen-bond donors (Lipinski definition) is 1. The lowest BCUT2D eigenvalue weighted by molar-refractivity contribution is -0.120. The van der Waals surface area contributed by atoms with Crippen molar-refractivity contribution in [2.45, 2.75) is 44.9 Å². The van der Waals surface area contributed by atoms with Gasteiger partial charge < -0.3 is 10.1 Å². The topological polar surface area (TPSA) is 38.3 Å². The van der Waals surface area contributed by atoms with Crippen LogP contribution < -0.4 is 10.1 Å². The predicted octanol–water partition coefficient (Wildman–Crippen LogP) is 2.57.